The van der Waals surface area contributed by atoms with Gasteiger partial charge >= 0.3 is 0 Å². The molecular formula is C15H28N2O. The zero-order chi connectivity index (χ0) is 12.8. The fourth-order valence-electron chi connectivity index (χ4n) is 3.48. The van der Waals surface area contributed by atoms with E-state index in [9.17, 15) is 4.79 Å². The molecule has 1 aliphatic carbocycles. The van der Waals surface area contributed by atoms with Crippen LogP contribution >= 0.6 is 0 Å². The maximum absolute atomic E-state index is 12.2. The molecule has 0 aromatic carbocycles. The zero-order valence-corrected chi connectivity index (χ0v) is 11.8. The Morgan fingerprint density at radius 2 is 2.17 bits per heavy atom. The van der Waals surface area contributed by atoms with E-state index in [-0.39, 0.29) is 11.3 Å². The van der Waals surface area contributed by atoms with Gasteiger partial charge in [-0.15, -0.1) is 0 Å². The average molecular weight is 252 g/mol. The van der Waals surface area contributed by atoms with Gasteiger partial charge in [0, 0.05) is 13.1 Å². The molecule has 3 nitrogen and oxygen atoms in total. The van der Waals surface area contributed by atoms with Gasteiger partial charge in [-0.1, -0.05) is 32.6 Å². The quantitative estimate of drug-likeness (QED) is 0.713. The van der Waals surface area contributed by atoms with Gasteiger partial charge in [-0.05, 0) is 38.1 Å². The first-order chi connectivity index (χ1) is 8.77. The van der Waals surface area contributed by atoms with Gasteiger partial charge in [0.15, 0.2) is 0 Å². The number of carbonyl (C=O) groups is 1. The molecule has 2 N–H and O–H groups in total. The Hall–Kier alpha value is -0.570. The first-order valence-electron chi connectivity index (χ1n) is 7.76. The fraction of sp³-hybridized carbons (Fsp3) is 0.933. The van der Waals surface area contributed by atoms with E-state index >= 15 is 0 Å². The van der Waals surface area contributed by atoms with Crippen molar-refractivity contribution >= 4 is 5.91 Å². The summed E-state index contributed by atoms with van der Waals surface area (Å²) < 4.78 is 0. The second-order valence-corrected chi connectivity index (χ2v) is 6.11. The Morgan fingerprint density at radius 3 is 2.78 bits per heavy atom. The first-order valence-corrected chi connectivity index (χ1v) is 7.76. The smallest absolute Gasteiger partial charge is 0.227 e. The van der Waals surface area contributed by atoms with E-state index in [0.717, 1.165) is 44.8 Å². The van der Waals surface area contributed by atoms with Crippen molar-refractivity contribution in [3.8, 4) is 0 Å². The summed E-state index contributed by atoms with van der Waals surface area (Å²) in [6.45, 7) is 4.85. The Balaban J connectivity index is 1.64. The molecule has 0 bridgehead atoms. The molecule has 1 atom stereocenters. The van der Waals surface area contributed by atoms with Gasteiger partial charge in [-0.2, -0.15) is 0 Å². The van der Waals surface area contributed by atoms with E-state index in [1.54, 1.807) is 0 Å². The van der Waals surface area contributed by atoms with Gasteiger partial charge in [0.25, 0.3) is 0 Å². The number of nitrogens with one attached hydrogen (secondary N) is 2. The third-order valence-corrected chi connectivity index (χ3v) is 4.95. The lowest BCUT2D eigenvalue weighted by atomic mass is 9.83. The van der Waals surface area contributed by atoms with Crippen molar-refractivity contribution < 1.29 is 4.79 Å². The van der Waals surface area contributed by atoms with Gasteiger partial charge in [-0.3, -0.25) is 4.79 Å². The van der Waals surface area contributed by atoms with Gasteiger partial charge in [-0.25, -0.2) is 0 Å². The van der Waals surface area contributed by atoms with E-state index in [1.807, 2.05) is 0 Å². The van der Waals surface area contributed by atoms with Crippen molar-refractivity contribution in [3.05, 3.63) is 0 Å². The summed E-state index contributed by atoms with van der Waals surface area (Å²) in [6, 6.07) is 0. The molecule has 1 saturated carbocycles. The Morgan fingerprint density at radius 1 is 1.39 bits per heavy atom. The van der Waals surface area contributed by atoms with Gasteiger partial charge in [0.1, 0.15) is 0 Å². The SMILES string of the molecule is CCC1(C(=O)NCCCC2CCCC2)CCNC1. The lowest BCUT2D eigenvalue weighted by Crippen LogP contribution is -2.42. The molecule has 2 aliphatic rings. The van der Waals surface area contributed by atoms with Crippen LogP contribution in [0.4, 0.5) is 0 Å². The summed E-state index contributed by atoms with van der Waals surface area (Å²) in [5.74, 6) is 1.22. The fourth-order valence-corrected chi connectivity index (χ4v) is 3.48. The van der Waals surface area contributed by atoms with Gasteiger partial charge in [0.05, 0.1) is 5.41 Å². The highest BCUT2D eigenvalue weighted by Gasteiger charge is 2.39. The molecule has 104 valence electrons. The molecule has 0 radical (unpaired) electrons. The molecule has 1 aliphatic heterocycles. The van der Waals surface area contributed by atoms with E-state index < -0.39 is 0 Å². The molecule has 1 amide bonds. The second kappa shape index (κ2) is 6.55. The van der Waals surface area contributed by atoms with Crippen LogP contribution in [0.15, 0.2) is 0 Å². The normalized spacial score (nSPS) is 28.7. The molecule has 18 heavy (non-hydrogen) atoms. The van der Waals surface area contributed by atoms with Crippen LogP contribution in [0.2, 0.25) is 0 Å². The number of carbonyl (C=O) groups excluding carboxylic acids is 1. The molecule has 1 unspecified atom stereocenters. The molecule has 3 heteroatoms. The molecule has 2 rings (SSSR count). The second-order valence-electron chi connectivity index (χ2n) is 6.11. The number of rotatable bonds is 6. The predicted octanol–water partition coefficient (Wildman–Crippen LogP) is 2.46. The topological polar surface area (TPSA) is 41.1 Å². The molecule has 0 aromatic rings. The van der Waals surface area contributed by atoms with Crippen LogP contribution in [0.5, 0.6) is 0 Å². The maximum Gasteiger partial charge on any atom is 0.227 e. The summed E-state index contributed by atoms with van der Waals surface area (Å²) in [6.07, 6.45) is 10.1. The van der Waals surface area contributed by atoms with Crippen molar-refractivity contribution in [1.82, 2.24) is 10.6 Å². The standard InChI is InChI=1S/C15H28N2O/c1-2-15(9-11-16-12-15)14(18)17-10-5-8-13-6-3-4-7-13/h13,16H,2-12H2,1H3,(H,17,18). The summed E-state index contributed by atoms with van der Waals surface area (Å²) in [5, 5.41) is 6.48. The van der Waals surface area contributed by atoms with Crippen LogP contribution in [-0.2, 0) is 4.79 Å². The van der Waals surface area contributed by atoms with Crippen molar-refractivity contribution in [3.63, 3.8) is 0 Å². The molecular weight excluding hydrogens is 224 g/mol. The Labute approximate surface area is 111 Å². The summed E-state index contributed by atoms with van der Waals surface area (Å²) in [7, 11) is 0. The Bertz CT molecular complexity index is 266. The van der Waals surface area contributed by atoms with Crippen LogP contribution < -0.4 is 10.6 Å². The van der Waals surface area contributed by atoms with Gasteiger partial charge < -0.3 is 10.6 Å². The predicted molar refractivity (Wildman–Crippen MR) is 74.4 cm³/mol. The highest BCUT2D eigenvalue weighted by atomic mass is 16.2. The molecule has 1 saturated heterocycles. The minimum Gasteiger partial charge on any atom is -0.356 e. The molecule has 1 heterocycles. The average Bonchev–Trinajstić information content (AvgIpc) is 3.05. The van der Waals surface area contributed by atoms with Crippen molar-refractivity contribution in [2.24, 2.45) is 11.3 Å². The number of hydrogen-bond donors (Lipinski definition) is 2. The minimum atomic E-state index is -0.118. The maximum atomic E-state index is 12.2. The van der Waals surface area contributed by atoms with Crippen molar-refractivity contribution in [1.29, 1.82) is 0 Å². The monoisotopic (exact) mass is 252 g/mol. The van der Waals surface area contributed by atoms with Crippen LogP contribution in [0.25, 0.3) is 0 Å². The van der Waals surface area contributed by atoms with E-state index in [1.165, 1.54) is 32.1 Å². The number of hydrogen-bond acceptors (Lipinski definition) is 2. The lowest BCUT2D eigenvalue weighted by Gasteiger charge is -2.25. The Kier molecular flexibility index (Phi) is 5.04. The molecule has 2 fully saturated rings. The third-order valence-electron chi connectivity index (χ3n) is 4.95. The van der Waals surface area contributed by atoms with E-state index in [0.29, 0.717) is 0 Å². The largest absolute Gasteiger partial charge is 0.356 e. The summed E-state index contributed by atoms with van der Waals surface area (Å²) in [5.41, 5.74) is -0.118. The van der Waals surface area contributed by atoms with Crippen molar-refractivity contribution in [2.45, 2.75) is 58.3 Å². The van der Waals surface area contributed by atoms with Crippen LogP contribution in [0, 0.1) is 11.3 Å². The van der Waals surface area contributed by atoms with Crippen LogP contribution in [0.1, 0.15) is 58.3 Å². The van der Waals surface area contributed by atoms with E-state index in [2.05, 4.69) is 17.6 Å². The van der Waals surface area contributed by atoms with Gasteiger partial charge in [0.2, 0.25) is 5.91 Å². The number of amides is 1. The highest BCUT2D eigenvalue weighted by Crippen LogP contribution is 2.30. The zero-order valence-electron chi connectivity index (χ0n) is 11.8. The summed E-state index contributed by atoms with van der Waals surface area (Å²) in [4.78, 5) is 12.2. The van der Waals surface area contributed by atoms with Crippen molar-refractivity contribution in [2.75, 3.05) is 19.6 Å². The minimum absolute atomic E-state index is 0.118. The third kappa shape index (κ3) is 3.25. The van der Waals surface area contributed by atoms with Crippen LogP contribution in [-0.4, -0.2) is 25.5 Å². The molecule has 0 spiro atoms. The van der Waals surface area contributed by atoms with E-state index in [4.69, 9.17) is 0 Å². The summed E-state index contributed by atoms with van der Waals surface area (Å²) >= 11 is 0. The van der Waals surface area contributed by atoms with Crippen LogP contribution in [0.3, 0.4) is 0 Å². The first kappa shape index (κ1) is 13.9. The highest BCUT2D eigenvalue weighted by molar-refractivity contribution is 5.83. The molecule has 0 aromatic heterocycles. The lowest BCUT2D eigenvalue weighted by molar-refractivity contribution is -0.130.